The summed E-state index contributed by atoms with van der Waals surface area (Å²) in [5.74, 6) is 0. The summed E-state index contributed by atoms with van der Waals surface area (Å²) in [6, 6.07) is 0. The first-order valence-corrected chi connectivity index (χ1v) is 6.55. The Kier molecular flexibility index (Phi) is 4.71. The number of aliphatic hydroxyl groups is 2. The Morgan fingerprint density at radius 1 is 1.50 bits per heavy atom. The molecule has 1 aliphatic heterocycles. The third-order valence-corrected chi connectivity index (χ3v) is 3.39. The summed E-state index contributed by atoms with van der Waals surface area (Å²) in [7, 11) is 0. The van der Waals surface area contributed by atoms with Crippen LogP contribution in [0, 0.1) is 0 Å². The van der Waals surface area contributed by atoms with E-state index in [2.05, 4.69) is 4.98 Å². The quantitative estimate of drug-likeness (QED) is 0.498. The molecule has 112 valence electrons. The lowest BCUT2D eigenvalue weighted by Crippen LogP contribution is -2.33. The van der Waals surface area contributed by atoms with E-state index in [0.29, 0.717) is 19.5 Å². The van der Waals surface area contributed by atoms with E-state index in [4.69, 9.17) is 15.6 Å². The highest BCUT2D eigenvalue weighted by molar-refractivity contribution is 5.11. The third-order valence-electron chi connectivity index (χ3n) is 3.39. The third kappa shape index (κ3) is 2.98. The van der Waals surface area contributed by atoms with Gasteiger partial charge in [-0.1, -0.05) is 0 Å². The van der Waals surface area contributed by atoms with Gasteiger partial charge in [0.15, 0.2) is 0 Å². The fourth-order valence-corrected chi connectivity index (χ4v) is 2.28. The fourth-order valence-electron chi connectivity index (χ4n) is 2.28. The Labute approximate surface area is 114 Å². The molecule has 5 N–H and O–H groups in total. The standard InChI is InChI=1S/C12H19N3O5/c13-2-1-3-15-5-7(11(18)14-12(15)19)9-4-8(17)10(6-16)20-9/h5,8-10,16-17H,1-4,6,13H2,(H,14,18,19)/t8?,9-,10-/m1/s1. The monoisotopic (exact) mass is 285 g/mol. The zero-order chi connectivity index (χ0) is 14.7. The smallest absolute Gasteiger partial charge is 0.328 e. The zero-order valence-corrected chi connectivity index (χ0v) is 11.0. The number of hydrogen-bond donors (Lipinski definition) is 4. The second-order valence-corrected chi connectivity index (χ2v) is 4.83. The SMILES string of the molecule is NCCCn1cc([C@H]2CC(O)[C@@H](CO)O2)c(=O)[nH]c1=O. The van der Waals surface area contributed by atoms with E-state index in [1.807, 2.05) is 0 Å². The van der Waals surface area contributed by atoms with Crippen molar-refractivity contribution in [3.05, 3.63) is 32.6 Å². The fraction of sp³-hybridized carbons (Fsp3) is 0.667. The molecule has 8 heteroatoms. The van der Waals surface area contributed by atoms with Crippen LogP contribution in [-0.2, 0) is 11.3 Å². The first-order chi connectivity index (χ1) is 9.56. The van der Waals surface area contributed by atoms with E-state index in [-0.39, 0.29) is 18.6 Å². The van der Waals surface area contributed by atoms with E-state index < -0.39 is 29.6 Å². The molecule has 1 fully saturated rings. The summed E-state index contributed by atoms with van der Waals surface area (Å²) in [6.45, 7) is 0.520. The maximum absolute atomic E-state index is 11.8. The molecule has 1 aromatic rings. The summed E-state index contributed by atoms with van der Waals surface area (Å²) in [4.78, 5) is 25.7. The molecule has 1 aromatic heterocycles. The maximum atomic E-state index is 11.8. The molecule has 2 heterocycles. The number of ether oxygens (including phenoxy) is 1. The molecule has 20 heavy (non-hydrogen) atoms. The lowest BCUT2D eigenvalue weighted by Gasteiger charge is -2.13. The van der Waals surface area contributed by atoms with Gasteiger partial charge >= 0.3 is 5.69 Å². The van der Waals surface area contributed by atoms with Gasteiger partial charge in [-0.3, -0.25) is 9.78 Å². The average molecular weight is 285 g/mol. The van der Waals surface area contributed by atoms with Crippen molar-refractivity contribution >= 4 is 0 Å². The van der Waals surface area contributed by atoms with E-state index in [1.54, 1.807) is 0 Å². The molecule has 0 amide bonds. The van der Waals surface area contributed by atoms with Gasteiger partial charge in [0.2, 0.25) is 0 Å². The van der Waals surface area contributed by atoms with Gasteiger partial charge in [0.1, 0.15) is 6.10 Å². The van der Waals surface area contributed by atoms with Gasteiger partial charge in [-0.15, -0.1) is 0 Å². The Balaban J connectivity index is 2.28. The van der Waals surface area contributed by atoms with E-state index in [1.165, 1.54) is 10.8 Å². The van der Waals surface area contributed by atoms with Gasteiger partial charge in [-0.25, -0.2) is 4.79 Å². The molecular weight excluding hydrogens is 266 g/mol. The van der Waals surface area contributed by atoms with E-state index in [9.17, 15) is 14.7 Å². The van der Waals surface area contributed by atoms with Crippen LogP contribution in [0.25, 0.3) is 0 Å². The van der Waals surface area contributed by atoms with Gasteiger partial charge in [-0.05, 0) is 13.0 Å². The van der Waals surface area contributed by atoms with Crippen molar-refractivity contribution in [1.29, 1.82) is 0 Å². The van der Waals surface area contributed by atoms with Gasteiger partial charge in [0, 0.05) is 19.2 Å². The Bertz CT molecular complexity index is 567. The number of H-pyrrole nitrogens is 1. The number of nitrogens with one attached hydrogen (secondary N) is 1. The minimum atomic E-state index is -0.825. The number of aromatic amines is 1. The minimum Gasteiger partial charge on any atom is -0.394 e. The molecule has 2 rings (SSSR count). The molecule has 8 nitrogen and oxygen atoms in total. The number of aryl methyl sites for hydroxylation is 1. The van der Waals surface area contributed by atoms with Gasteiger partial charge in [0.25, 0.3) is 5.56 Å². The second-order valence-electron chi connectivity index (χ2n) is 4.83. The topological polar surface area (TPSA) is 131 Å². The van der Waals surface area contributed by atoms with E-state index >= 15 is 0 Å². The van der Waals surface area contributed by atoms with Crippen molar-refractivity contribution in [1.82, 2.24) is 9.55 Å². The number of nitrogens with two attached hydrogens (primary N) is 1. The van der Waals surface area contributed by atoms with Crippen LogP contribution in [0.4, 0.5) is 0 Å². The summed E-state index contributed by atoms with van der Waals surface area (Å²) >= 11 is 0. The van der Waals surface area contributed by atoms with Crippen LogP contribution in [-0.4, -0.2) is 45.1 Å². The number of rotatable bonds is 5. The van der Waals surface area contributed by atoms with Gasteiger partial charge < -0.3 is 25.3 Å². The van der Waals surface area contributed by atoms with Crippen LogP contribution in [0.1, 0.15) is 24.5 Å². The number of nitrogens with zero attached hydrogens (tertiary/aromatic N) is 1. The first-order valence-electron chi connectivity index (χ1n) is 6.55. The number of aromatic nitrogens is 2. The zero-order valence-electron chi connectivity index (χ0n) is 11.0. The van der Waals surface area contributed by atoms with Crippen molar-refractivity contribution in [3.63, 3.8) is 0 Å². The van der Waals surface area contributed by atoms with Crippen LogP contribution >= 0.6 is 0 Å². The Morgan fingerprint density at radius 2 is 2.25 bits per heavy atom. The molecule has 3 atom stereocenters. The molecule has 1 unspecified atom stereocenters. The lowest BCUT2D eigenvalue weighted by atomic mass is 10.1. The van der Waals surface area contributed by atoms with Crippen LogP contribution in [0.5, 0.6) is 0 Å². The number of aliphatic hydroxyl groups excluding tert-OH is 2. The van der Waals surface area contributed by atoms with Crippen LogP contribution in [0.2, 0.25) is 0 Å². The summed E-state index contributed by atoms with van der Waals surface area (Å²) in [5, 5.41) is 18.7. The molecule has 0 aliphatic carbocycles. The van der Waals surface area contributed by atoms with Crippen molar-refractivity contribution in [2.75, 3.05) is 13.2 Å². The largest absolute Gasteiger partial charge is 0.394 e. The maximum Gasteiger partial charge on any atom is 0.328 e. The predicted molar refractivity (Wildman–Crippen MR) is 70.3 cm³/mol. The molecule has 0 saturated carbocycles. The molecular formula is C12H19N3O5. The van der Waals surface area contributed by atoms with Crippen molar-refractivity contribution in [2.24, 2.45) is 5.73 Å². The highest BCUT2D eigenvalue weighted by Gasteiger charge is 2.35. The highest BCUT2D eigenvalue weighted by Crippen LogP contribution is 2.30. The molecule has 0 bridgehead atoms. The lowest BCUT2D eigenvalue weighted by molar-refractivity contribution is -0.0230. The predicted octanol–water partition coefficient (Wildman–Crippen LogP) is -1.93. The molecule has 1 aliphatic rings. The normalized spacial score (nSPS) is 26.1. The van der Waals surface area contributed by atoms with Crippen molar-refractivity contribution in [2.45, 2.75) is 37.7 Å². The minimum absolute atomic E-state index is 0.212. The summed E-state index contributed by atoms with van der Waals surface area (Å²) in [6.07, 6.45) is 0.101. The van der Waals surface area contributed by atoms with E-state index in [0.717, 1.165) is 0 Å². The number of hydrogen-bond acceptors (Lipinski definition) is 6. The van der Waals surface area contributed by atoms with Crippen LogP contribution < -0.4 is 17.0 Å². The highest BCUT2D eigenvalue weighted by atomic mass is 16.5. The van der Waals surface area contributed by atoms with Gasteiger partial charge in [0.05, 0.1) is 24.4 Å². The molecule has 0 radical (unpaired) electrons. The van der Waals surface area contributed by atoms with Crippen LogP contribution in [0.15, 0.2) is 15.8 Å². The van der Waals surface area contributed by atoms with Crippen LogP contribution in [0.3, 0.4) is 0 Å². The Morgan fingerprint density at radius 3 is 2.85 bits per heavy atom. The average Bonchev–Trinajstić information content (AvgIpc) is 2.79. The molecule has 1 saturated heterocycles. The summed E-state index contributed by atoms with van der Waals surface area (Å²) in [5.41, 5.74) is 4.64. The second kappa shape index (κ2) is 6.31. The van der Waals surface area contributed by atoms with Gasteiger partial charge in [-0.2, -0.15) is 0 Å². The summed E-state index contributed by atoms with van der Waals surface area (Å²) < 4.78 is 6.80. The molecule has 0 aromatic carbocycles. The molecule has 0 spiro atoms. The van der Waals surface area contributed by atoms with Crippen molar-refractivity contribution < 1.29 is 14.9 Å². The van der Waals surface area contributed by atoms with Crippen molar-refractivity contribution in [3.8, 4) is 0 Å². The first kappa shape index (κ1) is 14.9. The Hall–Kier alpha value is -1.48.